The van der Waals surface area contributed by atoms with Crippen molar-refractivity contribution in [1.82, 2.24) is 29.5 Å². The first-order valence-corrected chi connectivity index (χ1v) is 12.5. The average Bonchev–Trinajstić information content (AvgIpc) is 3.26. The van der Waals surface area contributed by atoms with Gasteiger partial charge in [-0.25, -0.2) is 4.79 Å². The number of para-hydroxylation sites is 1. The molecule has 0 aliphatic carbocycles. The van der Waals surface area contributed by atoms with Gasteiger partial charge in [-0.3, -0.25) is 14.3 Å². The minimum Gasteiger partial charge on any atom is -0.444 e. The summed E-state index contributed by atoms with van der Waals surface area (Å²) >= 11 is 1.36. The van der Waals surface area contributed by atoms with E-state index in [-0.39, 0.29) is 17.8 Å². The van der Waals surface area contributed by atoms with Gasteiger partial charge < -0.3 is 14.5 Å². The van der Waals surface area contributed by atoms with Crippen LogP contribution >= 0.6 is 11.8 Å². The van der Waals surface area contributed by atoms with Gasteiger partial charge in [-0.2, -0.15) is 0 Å². The van der Waals surface area contributed by atoms with E-state index in [1.54, 1.807) is 22.2 Å². The first kappa shape index (κ1) is 24.7. The standard InChI is InChI=1S/C25H30N6O3S/c1-18-8-5-6-10-20(18)31-22(19-9-7-11-26-16-19)27-28-23(31)35-17-21(32)29-12-14-30(15-13-29)24(33)34-25(2,3)4/h5-11,16H,12-15,17H2,1-4H3. The molecular formula is C25H30N6O3S. The summed E-state index contributed by atoms with van der Waals surface area (Å²) < 4.78 is 7.42. The number of pyridine rings is 1. The zero-order valence-electron chi connectivity index (χ0n) is 20.5. The van der Waals surface area contributed by atoms with Gasteiger partial charge in [0.05, 0.1) is 11.4 Å². The second-order valence-corrected chi connectivity index (χ2v) is 10.2. The van der Waals surface area contributed by atoms with Crippen LogP contribution in [0.2, 0.25) is 0 Å². The number of aryl methyl sites for hydroxylation is 1. The molecule has 1 fully saturated rings. The molecule has 0 radical (unpaired) electrons. The molecule has 4 rings (SSSR count). The molecule has 3 aromatic rings. The number of amides is 2. The second kappa shape index (κ2) is 10.5. The molecule has 0 saturated carbocycles. The van der Waals surface area contributed by atoms with Crippen molar-refractivity contribution in [2.75, 3.05) is 31.9 Å². The fourth-order valence-corrected chi connectivity index (χ4v) is 4.61. The topological polar surface area (TPSA) is 93.5 Å². The van der Waals surface area contributed by atoms with Crippen LogP contribution in [0.1, 0.15) is 26.3 Å². The predicted octanol–water partition coefficient (Wildman–Crippen LogP) is 3.81. The van der Waals surface area contributed by atoms with Crippen molar-refractivity contribution in [3.63, 3.8) is 0 Å². The highest BCUT2D eigenvalue weighted by molar-refractivity contribution is 7.99. The lowest BCUT2D eigenvalue weighted by Gasteiger charge is -2.35. The number of thioether (sulfide) groups is 1. The molecule has 2 aromatic heterocycles. The van der Waals surface area contributed by atoms with Gasteiger partial charge in [0.2, 0.25) is 5.91 Å². The molecule has 10 heteroatoms. The molecule has 0 unspecified atom stereocenters. The minimum atomic E-state index is -0.539. The molecule has 0 bridgehead atoms. The average molecular weight is 495 g/mol. The summed E-state index contributed by atoms with van der Waals surface area (Å²) in [7, 11) is 0. The Hall–Kier alpha value is -3.40. The summed E-state index contributed by atoms with van der Waals surface area (Å²) in [5.41, 5.74) is 2.34. The van der Waals surface area contributed by atoms with Gasteiger partial charge in [-0.05, 0) is 51.5 Å². The zero-order chi connectivity index (χ0) is 25.0. The van der Waals surface area contributed by atoms with Gasteiger partial charge in [-0.1, -0.05) is 30.0 Å². The Morgan fingerprint density at radius 3 is 2.37 bits per heavy atom. The number of aromatic nitrogens is 4. The summed E-state index contributed by atoms with van der Waals surface area (Å²) in [6.45, 7) is 9.43. The summed E-state index contributed by atoms with van der Waals surface area (Å²) in [4.78, 5) is 32.9. The highest BCUT2D eigenvalue weighted by atomic mass is 32.2. The number of carbonyl (C=O) groups excluding carboxylic acids is 2. The van der Waals surface area contributed by atoms with Crippen molar-refractivity contribution in [2.45, 2.75) is 38.5 Å². The maximum absolute atomic E-state index is 13.0. The van der Waals surface area contributed by atoms with E-state index >= 15 is 0 Å². The van der Waals surface area contributed by atoms with E-state index in [4.69, 9.17) is 4.74 Å². The van der Waals surface area contributed by atoms with Crippen LogP contribution in [-0.2, 0) is 9.53 Å². The van der Waals surface area contributed by atoms with Gasteiger partial charge in [0.15, 0.2) is 11.0 Å². The Bertz CT molecular complexity index is 1180. The van der Waals surface area contributed by atoms with E-state index < -0.39 is 5.60 Å². The van der Waals surface area contributed by atoms with Crippen LogP contribution in [0.3, 0.4) is 0 Å². The fraction of sp³-hybridized carbons (Fsp3) is 0.400. The van der Waals surface area contributed by atoms with Crippen LogP contribution in [-0.4, -0.2) is 79.1 Å². The number of rotatable bonds is 5. The molecule has 1 aliphatic rings. The third-order valence-corrected chi connectivity index (χ3v) is 6.43. The third kappa shape index (κ3) is 6.00. The molecule has 2 amide bonds. The van der Waals surface area contributed by atoms with Crippen molar-refractivity contribution in [2.24, 2.45) is 0 Å². The summed E-state index contributed by atoms with van der Waals surface area (Å²) in [6.07, 6.45) is 3.13. The van der Waals surface area contributed by atoms with Crippen molar-refractivity contribution < 1.29 is 14.3 Å². The number of ether oxygens (including phenoxy) is 1. The SMILES string of the molecule is Cc1ccccc1-n1c(SCC(=O)N2CCN(C(=O)OC(C)(C)C)CC2)nnc1-c1cccnc1. The summed E-state index contributed by atoms with van der Waals surface area (Å²) in [5, 5.41) is 9.46. The van der Waals surface area contributed by atoms with E-state index in [0.717, 1.165) is 16.8 Å². The lowest BCUT2D eigenvalue weighted by Crippen LogP contribution is -2.52. The largest absolute Gasteiger partial charge is 0.444 e. The van der Waals surface area contributed by atoms with Crippen LogP contribution < -0.4 is 0 Å². The fourth-order valence-electron chi connectivity index (χ4n) is 3.76. The lowest BCUT2D eigenvalue weighted by molar-refractivity contribution is -0.130. The number of piperazine rings is 1. The van der Waals surface area contributed by atoms with Crippen LogP contribution in [0, 0.1) is 6.92 Å². The molecule has 1 saturated heterocycles. The summed E-state index contributed by atoms with van der Waals surface area (Å²) in [6, 6.07) is 11.8. The van der Waals surface area contributed by atoms with Gasteiger partial charge in [0.25, 0.3) is 0 Å². The van der Waals surface area contributed by atoms with Crippen molar-refractivity contribution in [3.05, 3.63) is 54.4 Å². The first-order valence-electron chi connectivity index (χ1n) is 11.5. The van der Waals surface area contributed by atoms with Gasteiger partial charge in [-0.15, -0.1) is 10.2 Å². The van der Waals surface area contributed by atoms with Gasteiger partial charge in [0.1, 0.15) is 5.60 Å². The minimum absolute atomic E-state index is 0.00102. The molecule has 9 nitrogen and oxygen atoms in total. The number of benzene rings is 1. The molecule has 3 heterocycles. The van der Waals surface area contributed by atoms with Crippen LogP contribution in [0.25, 0.3) is 17.1 Å². The highest BCUT2D eigenvalue weighted by Crippen LogP contribution is 2.29. The Morgan fingerprint density at radius 1 is 1.00 bits per heavy atom. The third-order valence-electron chi connectivity index (χ3n) is 5.52. The normalized spacial score (nSPS) is 14.2. The Morgan fingerprint density at radius 2 is 1.71 bits per heavy atom. The van der Waals surface area contributed by atoms with E-state index in [9.17, 15) is 9.59 Å². The number of hydrogen-bond acceptors (Lipinski definition) is 7. The monoisotopic (exact) mass is 494 g/mol. The predicted molar refractivity (Wildman–Crippen MR) is 134 cm³/mol. The van der Waals surface area contributed by atoms with Crippen LogP contribution in [0.5, 0.6) is 0 Å². The number of nitrogens with zero attached hydrogens (tertiary/aromatic N) is 6. The van der Waals surface area contributed by atoms with E-state index in [0.29, 0.717) is 37.2 Å². The molecule has 0 N–H and O–H groups in total. The van der Waals surface area contributed by atoms with E-state index in [1.807, 2.05) is 68.7 Å². The smallest absolute Gasteiger partial charge is 0.410 e. The molecule has 0 atom stereocenters. The molecule has 184 valence electrons. The van der Waals surface area contributed by atoms with Crippen LogP contribution in [0.4, 0.5) is 4.79 Å². The molecule has 0 spiro atoms. The van der Waals surface area contributed by atoms with E-state index in [2.05, 4.69) is 15.2 Å². The first-order chi connectivity index (χ1) is 16.7. The molecule has 1 aromatic carbocycles. The van der Waals surface area contributed by atoms with Crippen molar-refractivity contribution in [1.29, 1.82) is 0 Å². The Kier molecular flexibility index (Phi) is 7.39. The lowest BCUT2D eigenvalue weighted by atomic mass is 10.2. The van der Waals surface area contributed by atoms with Gasteiger partial charge >= 0.3 is 6.09 Å². The van der Waals surface area contributed by atoms with Crippen molar-refractivity contribution in [3.8, 4) is 17.1 Å². The molecule has 1 aliphatic heterocycles. The number of carbonyl (C=O) groups is 2. The van der Waals surface area contributed by atoms with Crippen LogP contribution in [0.15, 0.2) is 53.9 Å². The zero-order valence-corrected chi connectivity index (χ0v) is 21.3. The maximum atomic E-state index is 13.0. The molecule has 35 heavy (non-hydrogen) atoms. The Labute approximate surface area is 209 Å². The number of hydrogen-bond donors (Lipinski definition) is 0. The summed E-state index contributed by atoms with van der Waals surface area (Å²) in [5.74, 6) is 0.901. The molecular weight excluding hydrogens is 464 g/mol. The van der Waals surface area contributed by atoms with E-state index in [1.165, 1.54) is 11.8 Å². The highest BCUT2D eigenvalue weighted by Gasteiger charge is 2.28. The van der Waals surface area contributed by atoms with Gasteiger partial charge in [0, 0.05) is 44.1 Å². The quantitative estimate of drug-likeness (QED) is 0.498. The van der Waals surface area contributed by atoms with Crippen molar-refractivity contribution >= 4 is 23.8 Å². The second-order valence-electron chi connectivity index (χ2n) is 9.31. The Balaban J connectivity index is 1.45. The maximum Gasteiger partial charge on any atom is 0.410 e.